The molecule has 0 saturated carbocycles. The van der Waals surface area contributed by atoms with Gasteiger partial charge < -0.3 is 33.3 Å². The highest BCUT2D eigenvalue weighted by atomic mass is 31.2. The van der Waals surface area contributed by atoms with Crippen molar-refractivity contribution in [3.8, 4) is 17.6 Å². The first-order chi connectivity index (χ1) is 28.0. The van der Waals surface area contributed by atoms with Gasteiger partial charge in [-0.25, -0.2) is 9.46 Å². The van der Waals surface area contributed by atoms with E-state index in [1.807, 2.05) is 78.9 Å². The van der Waals surface area contributed by atoms with Gasteiger partial charge in [0.2, 0.25) is 5.91 Å². The molecule has 0 aliphatic carbocycles. The summed E-state index contributed by atoms with van der Waals surface area (Å²) in [5.74, 6) is 1.27. The topological polar surface area (TPSA) is 146 Å². The molecule has 14 heteroatoms. The van der Waals surface area contributed by atoms with E-state index in [0.29, 0.717) is 17.9 Å². The molecule has 3 aromatic carbocycles. The van der Waals surface area contributed by atoms with Crippen molar-refractivity contribution in [2.75, 3.05) is 32.8 Å². The van der Waals surface area contributed by atoms with E-state index in [-0.39, 0.29) is 56.3 Å². The smallest absolute Gasteiger partial charge is 0.351 e. The van der Waals surface area contributed by atoms with Crippen LogP contribution in [0.3, 0.4) is 0 Å². The van der Waals surface area contributed by atoms with Gasteiger partial charge in [-0.2, -0.15) is 10.2 Å². The van der Waals surface area contributed by atoms with Crippen LogP contribution in [0.2, 0.25) is 0 Å². The molecule has 58 heavy (non-hydrogen) atoms. The Balaban J connectivity index is 1.57. The van der Waals surface area contributed by atoms with Crippen molar-refractivity contribution < 1.29 is 32.8 Å². The van der Waals surface area contributed by atoms with Crippen LogP contribution >= 0.6 is 8.53 Å². The highest BCUT2D eigenvalue weighted by Crippen LogP contribution is 2.50. The maximum atomic E-state index is 13.5. The quantitative estimate of drug-likeness (QED) is 0.0377. The van der Waals surface area contributed by atoms with Crippen molar-refractivity contribution in [1.82, 2.24) is 14.2 Å². The van der Waals surface area contributed by atoms with Crippen molar-refractivity contribution >= 4 is 20.3 Å². The maximum absolute atomic E-state index is 13.5. The number of rotatable bonds is 21. The molecule has 1 aliphatic rings. The third-order valence-corrected chi connectivity index (χ3v) is 11.8. The standard InChI is InChI=1S/C44H54N5O8P/c1-8-9-16-41(50)46-40-25-27-48(43(51)47-40)42-29-38(57-58(55-28-13-26-45)49(31(2)3)32(4)5)39(56-42)30-54-44(33-14-11-10-12-15-33,34-17-21-36(52-6)22-18-34)35-19-23-37(53-7)24-20-35/h8,10-12,14-15,17-25,27,31-32,38-39,42H,1,9,13,16,28-30H2,2-7H3,(H,46,47,50,51)/t38-,39+,42+,58?/m0/s1. The molecule has 1 saturated heterocycles. The lowest BCUT2D eigenvalue weighted by Gasteiger charge is -2.39. The van der Waals surface area contributed by atoms with Crippen LogP contribution in [0.1, 0.15) is 76.3 Å². The van der Waals surface area contributed by atoms with Crippen molar-refractivity contribution in [1.29, 1.82) is 5.26 Å². The monoisotopic (exact) mass is 811 g/mol. The van der Waals surface area contributed by atoms with Crippen molar-refractivity contribution in [2.45, 2.75) is 89.5 Å². The Morgan fingerprint density at radius 2 is 1.60 bits per heavy atom. The Hall–Kier alpha value is -4.93. The number of amides is 1. The van der Waals surface area contributed by atoms with Crippen molar-refractivity contribution in [3.05, 3.63) is 131 Å². The molecule has 2 heterocycles. The number of methoxy groups -OCH3 is 2. The van der Waals surface area contributed by atoms with E-state index < -0.39 is 38.3 Å². The van der Waals surface area contributed by atoms with E-state index in [0.717, 1.165) is 16.7 Å². The first-order valence-electron chi connectivity index (χ1n) is 19.4. The summed E-state index contributed by atoms with van der Waals surface area (Å²) in [6, 6.07) is 29.3. The van der Waals surface area contributed by atoms with E-state index in [1.54, 1.807) is 32.6 Å². The molecule has 308 valence electrons. The summed E-state index contributed by atoms with van der Waals surface area (Å²) in [4.78, 5) is 30.1. The number of aromatic nitrogens is 2. The van der Waals surface area contributed by atoms with Gasteiger partial charge in [-0.3, -0.25) is 9.36 Å². The number of benzene rings is 3. The van der Waals surface area contributed by atoms with E-state index >= 15 is 0 Å². The van der Waals surface area contributed by atoms with Crippen LogP contribution in [-0.4, -0.2) is 71.9 Å². The Morgan fingerprint density at radius 1 is 1.00 bits per heavy atom. The first-order valence-corrected chi connectivity index (χ1v) is 20.6. The number of nitriles is 1. The van der Waals surface area contributed by atoms with Gasteiger partial charge in [0.1, 0.15) is 35.2 Å². The Bertz CT molecular complexity index is 1970. The predicted molar refractivity (Wildman–Crippen MR) is 223 cm³/mol. The SMILES string of the molecule is C=CCCC(=O)Nc1ccn([C@H]2C[C@H](OP(OCCC#N)N(C(C)C)C(C)C)[C@@H](COC(c3ccccc3)(c3ccc(OC)cc3)c3ccc(OC)cc3)O2)c(=O)n1. The van der Waals surface area contributed by atoms with Gasteiger partial charge in [-0.1, -0.05) is 60.7 Å². The molecule has 1 aromatic heterocycles. The van der Waals surface area contributed by atoms with Crippen LogP contribution in [-0.2, 0) is 28.9 Å². The average molecular weight is 812 g/mol. The highest BCUT2D eigenvalue weighted by molar-refractivity contribution is 7.44. The number of nitrogens with zero attached hydrogens (tertiary/aromatic N) is 4. The number of hydrogen-bond acceptors (Lipinski definition) is 11. The summed E-state index contributed by atoms with van der Waals surface area (Å²) in [6.07, 6.45) is 2.27. The van der Waals surface area contributed by atoms with Crippen LogP contribution in [0, 0.1) is 11.3 Å². The Kier molecular flexibility index (Phi) is 16.1. The Labute approximate surface area is 342 Å². The summed E-state index contributed by atoms with van der Waals surface area (Å²) in [6.45, 7) is 12.2. The number of carbonyl (C=O) groups is 1. The van der Waals surface area contributed by atoms with Crippen LogP contribution in [0.25, 0.3) is 0 Å². The number of ether oxygens (including phenoxy) is 4. The molecule has 0 bridgehead atoms. The van der Waals surface area contributed by atoms with E-state index in [4.69, 9.17) is 28.0 Å². The number of anilines is 1. The lowest BCUT2D eigenvalue weighted by molar-refractivity contribution is -0.116. The van der Waals surface area contributed by atoms with Gasteiger partial charge in [-0.05, 0) is 81.1 Å². The lowest BCUT2D eigenvalue weighted by Crippen LogP contribution is -2.39. The molecule has 5 rings (SSSR count). The maximum Gasteiger partial charge on any atom is 0.351 e. The van der Waals surface area contributed by atoms with Gasteiger partial charge in [0.15, 0.2) is 0 Å². The second-order valence-electron chi connectivity index (χ2n) is 14.2. The fourth-order valence-electron chi connectivity index (χ4n) is 6.96. The third-order valence-electron chi connectivity index (χ3n) is 9.69. The van der Waals surface area contributed by atoms with Crippen LogP contribution in [0.15, 0.2) is 109 Å². The van der Waals surface area contributed by atoms with E-state index in [2.05, 4.69) is 55.3 Å². The molecule has 1 unspecified atom stereocenters. The van der Waals surface area contributed by atoms with Crippen LogP contribution in [0.4, 0.5) is 5.82 Å². The second kappa shape index (κ2) is 21.2. The zero-order chi connectivity index (χ0) is 41.7. The first kappa shape index (κ1) is 44.2. The molecule has 4 aromatic rings. The van der Waals surface area contributed by atoms with E-state index in [9.17, 15) is 14.9 Å². The number of nitrogens with one attached hydrogen (secondary N) is 1. The molecule has 0 spiro atoms. The largest absolute Gasteiger partial charge is 0.497 e. The molecule has 0 radical (unpaired) electrons. The number of carbonyl (C=O) groups excluding carboxylic acids is 1. The minimum Gasteiger partial charge on any atom is -0.497 e. The predicted octanol–water partition coefficient (Wildman–Crippen LogP) is 8.12. The third kappa shape index (κ3) is 10.8. The molecule has 1 fully saturated rings. The van der Waals surface area contributed by atoms with E-state index in [1.165, 1.54) is 4.57 Å². The molecule has 13 nitrogen and oxygen atoms in total. The Morgan fingerprint density at radius 3 is 2.14 bits per heavy atom. The lowest BCUT2D eigenvalue weighted by atomic mass is 9.80. The number of hydrogen-bond donors (Lipinski definition) is 1. The van der Waals surface area contributed by atoms with Crippen LogP contribution < -0.4 is 20.5 Å². The molecular weight excluding hydrogens is 757 g/mol. The molecule has 4 atom stereocenters. The second-order valence-corrected chi connectivity index (χ2v) is 15.7. The van der Waals surface area contributed by atoms with Gasteiger partial charge in [0.25, 0.3) is 8.53 Å². The summed E-state index contributed by atoms with van der Waals surface area (Å²) in [5, 5.41) is 12.0. The molecule has 1 amide bonds. The van der Waals surface area contributed by atoms with Gasteiger partial charge in [0.05, 0.1) is 46.0 Å². The normalized spacial score (nSPS) is 17.3. The minimum atomic E-state index is -1.69. The summed E-state index contributed by atoms with van der Waals surface area (Å²) in [5.41, 5.74) is 0.814. The number of allylic oxidation sites excluding steroid dienone is 1. The molecule has 1 N–H and O–H groups in total. The molecule has 1 aliphatic heterocycles. The summed E-state index contributed by atoms with van der Waals surface area (Å²) < 4.78 is 41.8. The van der Waals surface area contributed by atoms with Gasteiger partial charge >= 0.3 is 5.69 Å². The zero-order valence-corrected chi connectivity index (χ0v) is 35.0. The van der Waals surface area contributed by atoms with Crippen molar-refractivity contribution in [3.63, 3.8) is 0 Å². The zero-order valence-electron chi connectivity index (χ0n) is 34.1. The van der Waals surface area contributed by atoms with Crippen LogP contribution in [0.5, 0.6) is 11.5 Å². The minimum absolute atomic E-state index is 0.0263. The fraction of sp³-hybridized carbons (Fsp3) is 0.409. The summed E-state index contributed by atoms with van der Waals surface area (Å²) in [7, 11) is 1.56. The summed E-state index contributed by atoms with van der Waals surface area (Å²) >= 11 is 0. The van der Waals surface area contributed by atoms with Crippen molar-refractivity contribution in [2.24, 2.45) is 0 Å². The highest BCUT2D eigenvalue weighted by Gasteiger charge is 2.45. The van der Waals surface area contributed by atoms with Gasteiger partial charge in [-0.15, -0.1) is 6.58 Å². The average Bonchev–Trinajstić information content (AvgIpc) is 3.62. The van der Waals surface area contributed by atoms with Gasteiger partial charge in [0, 0.05) is 31.1 Å². The molecular formula is C44H54N5O8P. The fourth-order valence-corrected chi connectivity index (χ4v) is 8.72.